The zero-order valence-electron chi connectivity index (χ0n) is 12.2. The SMILES string of the molecule is COc1cc(OC)c(-c2cc(N)ccc2C)c(OC)c1. The molecule has 0 atom stereocenters. The van der Waals surface area contributed by atoms with Crippen LogP contribution in [0, 0.1) is 6.92 Å². The highest BCUT2D eigenvalue weighted by molar-refractivity contribution is 5.82. The van der Waals surface area contributed by atoms with E-state index < -0.39 is 0 Å². The van der Waals surface area contributed by atoms with Gasteiger partial charge < -0.3 is 19.9 Å². The third-order valence-electron chi connectivity index (χ3n) is 3.25. The number of anilines is 1. The summed E-state index contributed by atoms with van der Waals surface area (Å²) in [6, 6.07) is 9.44. The molecule has 0 saturated carbocycles. The normalized spacial score (nSPS) is 10.2. The number of hydrogen-bond acceptors (Lipinski definition) is 4. The monoisotopic (exact) mass is 273 g/mol. The molecule has 0 amide bonds. The molecule has 2 aromatic rings. The topological polar surface area (TPSA) is 53.7 Å². The molecule has 4 heteroatoms. The lowest BCUT2D eigenvalue weighted by atomic mass is 9.98. The maximum Gasteiger partial charge on any atom is 0.134 e. The van der Waals surface area contributed by atoms with Crippen molar-refractivity contribution >= 4 is 5.69 Å². The van der Waals surface area contributed by atoms with Crippen molar-refractivity contribution in [2.45, 2.75) is 6.92 Å². The first-order valence-corrected chi connectivity index (χ1v) is 6.27. The average molecular weight is 273 g/mol. The van der Waals surface area contributed by atoms with Crippen molar-refractivity contribution in [1.82, 2.24) is 0 Å². The molecule has 2 N–H and O–H groups in total. The standard InChI is InChI=1S/C16H19NO3/c1-10-5-6-11(17)7-13(10)16-14(19-3)8-12(18-2)9-15(16)20-4/h5-9H,17H2,1-4H3. The van der Waals surface area contributed by atoms with Gasteiger partial charge in [0, 0.05) is 17.8 Å². The van der Waals surface area contributed by atoms with E-state index in [1.165, 1.54) is 0 Å². The van der Waals surface area contributed by atoms with Crippen LogP contribution in [0.5, 0.6) is 17.2 Å². The van der Waals surface area contributed by atoms with Crippen LogP contribution >= 0.6 is 0 Å². The Labute approximate surface area is 119 Å². The molecule has 0 fully saturated rings. The molecule has 0 bridgehead atoms. The van der Waals surface area contributed by atoms with Gasteiger partial charge in [-0.1, -0.05) is 6.07 Å². The van der Waals surface area contributed by atoms with Crippen molar-refractivity contribution in [2.75, 3.05) is 27.1 Å². The number of methoxy groups -OCH3 is 3. The van der Waals surface area contributed by atoms with E-state index in [9.17, 15) is 0 Å². The number of aryl methyl sites for hydroxylation is 1. The summed E-state index contributed by atoms with van der Waals surface area (Å²) in [5, 5.41) is 0. The molecule has 0 saturated heterocycles. The van der Waals surface area contributed by atoms with Crippen LogP contribution < -0.4 is 19.9 Å². The molecule has 0 aliphatic carbocycles. The molecule has 20 heavy (non-hydrogen) atoms. The molecule has 0 aromatic heterocycles. The van der Waals surface area contributed by atoms with Gasteiger partial charge in [0.15, 0.2) is 0 Å². The van der Waals surface area contributed by atoms with E-state index in [0.717, 1.165) is 16.7 Å². The van der Waals surface area contributed by atoms with Crippen LogP contribution in [-0.4, -0.2) is 21.3 Å². The van der Waals surface area contributed by atoms with Crippen LogP contribution in [0.4, 0.5) is 5.69 Å². The van der Waals surface area contributed by atoms with Crippen LogP contribution in [0.25, 0.3) is 11.1 Å². The van der Waals surface area contributed by atoms with Crippen molar-refractivity contribution in [3.8, 4) is 28.4 Å². The van der Waals surface area contributed by atoms with Gasteiger partial charge in [-0.25, -0.2) is 0 Å². The fraction of sp³-hybridized carbons (Fsp3) is 0.250. The van der Waals surface area contributed by atoms with E-state index in [2.05, 4.69) is 0 Å². The lowest BCUT2D eigenvalue weighted by Gasteiger charge is -2.17. The van der Waals surface area contributed by atoms with E-state index in [1.54, 1.807) is 21.3 Å². The zero-order valence-corrected chi connectivity index (χ0v) is 12.2. The van der Waals surface area contributed by atoms with E-state index in [0.29, 0.717) is 22.9 Å². The number of nitrogens with two attached hydrogens (primary N) is 1. The fourth-order valence-corrected chi connectivity index (χ4v) is 2.18. The first kappa shape index (κ1) is 14.1. The van der Waals surface area contributed by atoms with E-state index >= 15 is 0 Å². The van der Waals surface area contributed by atoms with E-state index in [-0.39, 0.29) is 0 Å². The van der Waals surface area contributed by atoms with Crippen molar-refractivity contribution < 1.29 is 14.2 Å². The molecule has 106 valence electrons. The molecular weight excluding hydrogens is 254 g/mol. The predicted octanol–water partition coefficient (Wildman–Crippen LogP) is 3.27. The highest BCUT2D eigenvalue weighted by Gasteiger charge is 2.17. The molecule has 0 heterocycles. The molecule has 0 unspecified atom stereocenters. The summed E-state index contributed by atoms with van der Waals surface area (Å²) in [6.45, 7) is 2.03. The van der Waals surface area contributed by atoms with Crippen LogP contribution in [0.3, 0.4) is 0 Å². The number of rotatable bonds is 4. The van der Waals surface area contributed by atoms with Gasteiger partial charge in [-0.3, -0.25) is 0 Å². The minimum absolute atomic E-state index is 0.684. The van der Waals surface area contributed by atoms with E-state index in [1.807, 2.05) is 37.3 Å². The van der Waals surface area contributed by atoms with Crippen LogP contribution in [0.1, 0.15) is 5.56 Å². The quantitative estimate of drug-likeness (QED) is 0.869. The Hall–Kier alpha value is -2.36. The second-order valence-electron chi connectivity index (χ2n) is 4.48. The number of ether oxygens (including phenoxy) is 3. The predicted molar refractivity (Wildman–Crippen MR) is 80.7 cm³/mol. The highest BCUT2D eigenvalue weighted by Crippen LogP contribution is 2.43. The summed E-state index contributed by atoms with van der Waals surface area (Å²) < 4.78 is 16.2. The zero-order chi connectivity index (χ0) is 14.7. The summed E-state index contributed by atoms with van der Waals surface area (Å²) in [5.41, 5.74) is 9.56. The van der Waals surface area contributed by atoms with Gasteiger partial charge in [-0.2, -0.15) is 0 Å². The summed E-state index contributed by atoms with van der Waals surface area (Å²) in [7, 11) is 4.86. The van der Waals surface area contributed by atoms with Crippen molar-refractivity contribution in [3.63, 3.8) is 0 Å². The summed E-state index contributed by atoms with van der Waals surface area (Å²) in [4.78, 5) is 0. The molecule has 4 nitrogen and oxygen atoms in total. The average Bonchev–Trinajstić information content (AvgIpc) is 2.48. The Balaban J connectivity index is 2.74. The maximum atomic E-state index is 5.90. The summed E-state index contributed by atoms with van der Waals surface area (Å²) in [5.74, 6) is 2.06. The van der Waals surface area contributed by atoms with Gasteiger partial charge in [0.25, 0.3) is 0 Å². The number of nitrogen functional groups attached to an aromatic ring is 1. The highest BCUT2D eigenvalue weighted by atomic mass is 16.5. The largest absolute Gasteiger partial charge is 0.496 e. The smallest absolute Gasteiger partial charge is 0.134 e. The first-order valence-electron chi connectivity index (χ1n) is 6.27. The van der Waals surface area contributed by atoms with Crippen LogP contribution in [0.2, 0.25) is 0 Å². The fourth-order valence-electron chi connectivity index (χ4n) is 2.18. The molecule has 0 radical (unpaired) electrons. The van der Waals surface area contributed by atoms with Crippen LogP contribution in [0.15, 0.2) is 30.3 Å². The van der Waals surface area contributed by atoms with Gasteiger partial charge in [-0.15, -0.1) is 0 Å². The van der Waals surface area contributed by atoms with Gasteiger partial charge in [-0.05, 0) is 30.2 Å². The second-order valence-corrected chi connectivity index (χ2v) is 4.48. The maximum absolute atomic E-state index is 5.90. The Morgan fingerprint density at radius 1 is 0.850 bits per heavy atom. The lowest BCUT2D eigenvalue weighted by molar-refractivity contribution is 0.377. The van der Waals surface area contributed by atoms with Crippen LogP contribution in [-0.2, 0) is 0 Å². The Morgan fingerprint density at radius 2 is 1.45 bits per heavy atom. The third kappa shape index (κ3) is 2.50. The Kier molecular flexibility index (Phi) is 4.03. The number of hydrogen-bond donors (Lipinski definition) is 1. The van der Waals surface area contributed by atoms with Gasteiger partial charge >= 0.3 is 0 Å². The molecule has 0 aliphatic rings. The molecular formula is C16H19NO3. The Bertz CT molecular complexity index is 598. The number of benzene rings is 2. The second kappa shape index (κ2) is 5.74. The van der Waals surface area contributed by atoms with E-state index in [4.69, 9.17) is 19.9 Å². The van der Waals surface area contributed by atoms with Crippen molar-refractivity contribution in [2.24, 2.45) is 0 Å². The van der Waals surface area contributed by atoms with Crippen molar-refractivity contribution in [3.05, 3.63) is 35.9 Å². The Morgan fingerprint density at radius 3 is 1.95 bits per heavy atom. The molecule has 0 spiro atoms. The molecule has 2 rings (SSSR count). The van der Waals surface area contributed by atoms with Crippen molar-refractivity contribution in [1.29, 1.82) is 0 Å². The summed E-state index contributed by atoms with van der Waals surface area (Å²) in [6.07, 6.45) is 0. The first-order chi connectivity index (χ1) is 9.60. The third-order valence-corrected chi connectivity index (χ3v) is 3.25. The summed E-state index contributed by atoms with van der Waals surface area (Å²) >= 11 is 0. The molecule has 0 aliphatic heterocycles. The molecule has 2 aromatic carbocycles. The minimum atomic E-state index is 0.684. The minimum Gasteiger partial charge on any atom is -0.496 e. The lowest BCUT2D eigenvalue weighted by Crippen LogP contribution is -1.97. The van der Waals surface area contributed by atoms with Gasteiger partial charge in [0.2, 0.25) is 0 Å². The van der Waals surface area contributed by atoms with Gasteiger partial charge in [0.1, 0.15) is 17.2 Å². The van der Waals surface area contributed by atoms with Gasteiger partial charge in [0.05, 0.1) is 26.9 Å².